The summed E-state index contributed by atoms with van der Waals surface area (Å²) in [6.45, 7) is 1.15. The van der Waals surface area contributed by atoms with E-state index in [2.05, 4.69) is 14.8 Å². The lowest BCUT2D eigenvalue weighted by atomic mass is 9.98. The van der Waals surface area contributed by atoms with Gasteiger partial charge in [0.25, 0.3) is 15.8 Å². The first-order chi connectivity index (χ1) is 14.0. The number of halogens is 4. The number of hydrogen-bond donors (Lipinski definition) is 2. The molecule has 0 radical (unpaired) electrons. The normalized spacial score (nSPS) is 17.9. The van der Waals surface area contributed by atoms with Crippen molar-refractivity contribution in [2.24, 2.45) is 11.1 Å². The lowest BCUT2D eigenvalue weighted by Crippen LogP contribution is -2.43. The minimum absolute atomic E-state index is 0.0489. The Kier molecular flexibility index (Phi) is 6.36. The van der Waals surface area contributed by atoms with Crippen molar-refractivity contribution in [3.63, 3.8) is 0 Å². The number of rotatable bonds is 5. The van der Waals surface area contributed by atoms with Gasteiger partial charge in [-0.2, -0.15) is 31.4 Å². The lowest BCUT2D eigenvalue weighted by molar-refractivity contribution is -0.137. The van der Waals surface area contributed by atoms with Gasteiger partial charge in [-0.15, -0.1) is 0 Å². The van der Waals surface area contributed by atoms with Gasteiger partial charge in [-0.25, -0.2) is 14.8 Å². The molecule has 3 N–H and O–H groups in total. The lowest BCUT2D eigenvalue weighted by Gasteiger charge is -2.34. The molecule has 3 heterocycles. The molecule has 30 heavy (non-hydrogen) atoms. The van der Waals surface area contributed by atoms with Crippen molar-refractivity contribution in [1.29, 1.82) is 0 Å². The van der Waals surface area contributed by atoms with E-state index in [-0.39, 0.29) is 23.3 Å². The number of nitrogens with zero attached hydrogens (tertiary/aromatic N) is 4. The molecule has 3 rings (SSSR count). The van der Waals surface area contributed by atoms with E-state index >= 15 is 0 Å². The third-order valence-corrected chi connectivity index (χ3v) is 5.55. The van der Waals surface area contributed by atoms with Crippen molar-refractivity contribution >= 4 is 27.5 Å². The summed E-state index contributed by atoms with van der Waals surface area (Å²) in [5.41, 5.74) is -1.33. The van der Waals surface area contributed by atoms with Crippen LogP contribution in [-0.2, 0) is 16.4 Å². The Morgan fingerprint density at radius 2 is 2.03 bits per heavy atom. The molecule has 14 heteroatoms. The quantitative estimate of drug-likeness (QED) is 0.684. The van der Waals surface area contributed by atoms with E-state index in [1.165, 1.54) is 6.20 Å². The molecular formula is C16H18ClF3N6O3S. The van der Waals surface area contributed by atoms with Crippen LogP contribution in [0, 0.1) is 5.92 Å². The number of aromatic nitrogens is 3. The largest absolute Gasteiger partial charge is 0.417 e. The maximum absolute atomic E-state index is 12.7. The molecule has 2 aromatic heterocycles. The van der Waals surface area contributed by atoms with Gasteiger partial charge in [0.1, 0.15) is 5.02 Å². The molecule has 1 fully saturated rings. The van der Waals surface area contributed by atoms with Crippen LogP contribution in [0.3, 0.4) is 0 Å². The third-order valence-electron chi connectivity index (χ3n) is 4.63. The van der Waals surface area contributed by atoms with Crippen LogP contribution in [0.5, 0.6) is 0 Å². The molecule has 0 amide bonds. The molecule has 2 aromatic rings. The number of anilines is 1. The number of pyridine rings is 1. The second kappa shape index (κ2) is 8.49. The molecule has 0 aromatic carbocycles. The summed E-state index contributed by atoms with van der Waals surface area (Å²) in [6.07, 6.45) is -1.11. The summed E-state index contributed by atoms with van der Waals surface area (Å²) in [7, 11) is -3.81. The molecule has 1 unspecified atom stereocenters. The van der Waals surface area contributed by atoms with Gasteiger partial charge in [0.15, 0.2) is 5.82 Å². The molecule has 1 saturated heterocycles. The van der Waals surface area contributed by atoms with Crippen molar-refractivity contribution < 1.29 is 21.6 Å². The Balaban J connectivity index is 1.82. The molecule has 164 valence electrons. The third kappa shape index (κ3) is 5.28. The predicted molar refractivity (Wildman–Crippen MR) is 104 cm³/mol. The van der Waals surface area contributed by atoms with Crippen molar-refractivity contribution in [3.8, 4) is 5.82 Å². The van der Waals surface area contributed by atoms with E-state index in [4.69, 9.17) is 16.7 Å². The fourth-order valence-corrected chi connectivity index (χ4v) is 3.89. The highest BCUT2D eigenvalue weighted by atomic mass is 35.5. The summed E-state index contributed by atoms with van der Waals surface area (Å²) in [5, 5.41) is 8.78. The standard InChI is InChI=1S/C16H18ClF3N6O3S/c17-14-12(25-5-1-2-10(9-25)6-24-30(21,28)29)8-23-26(15(14)27)13-4-3-11(7-22-13)16(18,19)20/h3-4,7-8,10,24H,1-2,5-6,9H2,(H2,21,28,29). The highest BCUT2D eigenvalue weighted by molar-refractivity contribution is 7.87. The monoisotopic (exact) mass is 466 g/mol. The minimum Gasteiger partial charge on any atom is -0.369 e. The molecule has 0 bridgehead atoms. The van der Waals surface area contributed by atoms with Crippen LogP contribution < -0.4 is 20.3 Å². The van der Waals surface area contributed by atoms with Crippen LogP contribution in [0.1, 0.15) is 18.4 Å². The first-order valence-electron chi connectivity index (χ1n) is 8.79. The summed E-state index contributed by atoms with van der Waals surface area (Å²) in [4.78, 5) is 18.1. The number of nitrogens with two attached hydrogens (primary N) is 1. The van der Waals surface area contributed by atoms with Crippen molar-refractivity contribution in [3.05, 3.63) is 45.5 Å². The number of alkyl halides is 3. The molecule has 1 aliphatic heterocycles. The zero-order valence-corrected chi connectivity index (χ0v) is 17.0. The predicted octanol–water partition coefficient (Wildman–Crippen LogP) is 1.31. The van der Waals surface area contributed by atoms with Crippen LogP contribution in [0.4, 0.5) is 18.9 Å². The maximum atomic E-state index is 12.7. The van der Waals surface area contributed by atoms with Gasteiger partial charge < -0.3 is 4.90 Å². The van der Waals surface area contributed by atoms with Crippen LogP contribution in [0.15, 0.2) is 29.3 Å². The summed E-state index contributed by atoms with van der Waals surface area (Å²) in [5.74, 6) is -0.150. The summed E-state index contributed by atoms with van der Waals surface area (Å²) >= 11 is 6.23. The first-order valence-corrected chi connectivity index (χ1v) is 10.7. The Labute approximate surface area is 174 Å². The number of hydrogen-bond acceptors (Lipinski definition) is 6. The fraction of sp³-hybridized carbons (Fsp3) is 0.438. The molecule has 0 aliphatic carbocycles. The first kappa shape index (κ1) is 22.5. The van der Waals surface area contributed by atoms with Gasteiger partial charge in [-0.05, 0) is 30.9 Å². The maximum Gasteiger partial charge on any atom is 0.417 e. The van der Waals surface area contributed by atoms with Crippen molar-refractivity contribution in [2.45, 2.75) is 19.0 Å². The van der Waals surface area contributed by atoms with E-state index in [0.29, 0.717) is 25.0 Å². The topological polar surface area (TPSA) is 123 Å². The molecule has 0 saturated carbocycles. The summed E-state index contributed by atoms with van der Waals surface area (Å²) < 4.78 is 63.3. The Bertz CT molecular complexity index is 1080. The summed E-state index contributed by atoms with van der Waals surface area (Å²) in [6, 6.07) is 1.83. The fourth-order valence-electron chi connectivity index (χ4n) is 3.17. The molecular weight excluding hydrogens is 449 g/mol. The van der Waals surface area contributed by atoms with Crippen LogP contribution in [-0.4, -0.2) is 42.8 Å². The van der Waals surface area contributed by atoms with Gasteiger partial charge in [0.2, 0.25) is 0 Å². The minimum atomic E-state index is -4.55. The van der Waals surface area contributed by atoms with Crippen LogP contribution >= 0.6 is 11.6 Å². The number of nitrogens with one attached hydrogen (secondary N) is 1. The zero-order chi connectivity index (χ0) is 22.1. The van der Waals surface area contributed by atoms with Gasteiger partial charge in [-0.3, -0.25) is 4.79 Å². The molecule has 1 aliphatic rings. The Morgan fingerprint density at radius 3 is 2.63 bits per heavy atom. The van der Waals surface area contributed by atoms with Crippen LogP contribution in [0.25, 0.3) is 5.82 Å². The van der Waals surface area contributed by atoms with Gasteiger partial charge in [0.05, 0.1) is 17.4 Å². The number of piperidine rings is 1. The highest BCUT2D eigenvalue weighted by Gasteiger charge is 2.31. The SMILES string of the molecule is NS(=O)(=O)NCC1CCCN(c2cnn(-c3ccc(C(F)(F)F)cn3)c(=O)c2Cl)C1. The zero-order valence-electron chi connectivity index (χ0n) is 15.4. The van der Waals surface area contributed by atoms with E-state index < -0.39 is 27.5 Å². The smallest absolute Gasteiger partial charge is 0.369 e. The van der Waals surface area contributed by atoms with Crippen molar-refractivity contribution in [1.82, 2.24) is 19.5 Å². The van der Waals surface area contributed by atoms with Gasteiger partial charge in [-0.1, -0.05) is 11.6 Å². The average molecular weight is 467 g/mol. The van der Waals surface area contributed by atoms with Crippen molar-refractivity contribution in [2.75, 3.05) is 24.5 Å². The Morgan fingerprint density at radius 1 is 1.30 bits per heavy atom. The average Bonchev–Trinajstić information content (AvgIpc) is 2.68. The van der Waals surface area contributed by atoms with E-state index in [1.807, 2.05) is 0 Å². The molecule has 9 nitrogen and oxygen atoms in total. The molecule has 0 spiro atoms. The van der Waals surface area contributed by atoms with Crippen LogP contribution in [0.2, 0.25) is 5.02 Å². The van der Waals surface area contributed by atoms with E-state index in [1.54, 1.807) is 4.90 Å². The molecule has 1 atom stereocenters. The second-order valence-corrected chi connectivity index (χ2v) is 8.57. The second-order valence-electron chi connectivity index (χ2n) is 6.81. The highest BCUT2D eigenvalue weighted by Crippen LogP contribution is 2.29. The van der Waals surface area contributed by atoms with Gasteiger partial charge >= 0.3 is 6.18 Å². The van der Waals surface area contributed by atoms with E-state index in [0.717, 1.165) is 29.7 Å². The van der Waals surface area contributed by atoms with Gasteiger partial charge in [0, 0.05) is 25.8 Å². The van der Waals surface area contributed by atoms with E-state index in [9.17, 15) is 26.4 Å². The Hall–Kier alpha value is -2.22.